The average Bonchev–Trinajstić information content (AvgIpc) is 2.20. The van der Waals surface area contributed by atoms with E-state index < -0.39 is 12.0 Å². The number of carbonyl (C=O) groups is 1. The maximum atomic E-state index is 10.4. The largest absolute Gasteiger partial charge is 0.493 e. The minimum Gasteiger partial charge on any atom is -0.493 e. The number of benzene rings is 1. The van der Waals surface area contributed by atoms with Crippen LogP contribution < -0.4 is 10.5 Å². The van der Waals surface area contributed by atoms with Gasteiger partial charge in [-0.2, -0.15) is 0 Å². The van der Waals surface area contributed by atoms with Crippen LogP contribution in [0.5, 0.6) is 5.75 Å². The van der Waals surface area contributed by atoms with Gasteiger partial charge in [0.25, 0.3) is 0 Å². The van der Waals surface area contributed by atoms with Gasteiger partial charge in [-0.25, -0.2) is 0 Å². The number of hydrogen-bond donors (Lipinski definition) is 2. The van der Waals surface area contributed by atoms with E-state index in [4.69, 9.17) is 15.6 Å². The van der Waals surface area contributed by atoms with E-state index in [2.05, 4.69) is 0 Å². The Morgan fingerprint density at radius 3 is 2.80 bits per heavy atom. The summed E-state index contributed by atoms with van der Waals surface area (Å²) in [6, 6.07) is 6.73. The Morgan fingerprint density at radius 2 is 2.20 bits per heavy atom. The number of nitrogens with two attached hydrogens (primary N) is 1. The third-order valence-electron chi connectivity index (χ3n) is 2.10. The Hall–Kier alpha value is -1.55. The van der Waals surface area contributed by atoms with Crippen LogP contribution in [0.4, 0.5) is 0 Å². The first-order chi connectivity index (χ1) is 7.11. The van der Waals surface area contributed by atoms with Gasteiger partial charge in [0, 0.05) is 6.42 Å². The van der Waals surface area contributed by atoms with E-state index in [9.17, 15) is 4.79 Å². The third-order valence-corrected chi connectivity index (χ3v) is 2.10. The van der Waals surface area contributed by atoms with Gasteiger partial charge in [-0.1, -0.05) is 18.2 Å². The van der Waals surface area contributed by atoms with Gasteiger partial charge in [-0.05, 0) is 18.6 Å². The van der Waals surface area contributed by atoms with Gasteiger partial charge in [0.05, 0.1) is 6.61 Å². The molecule has 0 aliphatic carbocycles. The number of aliphatic carboxylic acids is 1. The van der Waals surface area contributed by atoms with Crippen molar-refractivity contribution in [1.29, 1.82) is 0 Å². The normalized spacial score (nSPS) is 12.1. The third kappa shape index (κ3) is 3.59. The molecule has 0 bridgehead atoms. The molecule has 0 spiro atoms. The molecule has 0 heterocycles. The molecule has 82 valence electrons. The summed E-state index contributed by atoms with van der Waals surface area (Å²) in [5.74, 6) is -0.224. The van der Waals surface area contributed by atoms with E-state index in [-0.39, 0.29) is 0 Å². The number of ether oxygens (including phenoxy) is 1. The summed E-state index contributed by atoms with van der Waals surface area (Å²) in [6.45, 7) is 2.25. The quantitative estimate of drug-likeness (QED) is 0.763. The van der Waals surface area contributed by atoms with Crippen molar-refractivity contribution < 1.29 is 14.6 Å². The Balaban J connectivity index is 2.38. The summed E-state index contributed by atoms with van der Waals surface area (Å²) in [7, 11) is 0. The van der Waals surface area contributed by atoms with Crippen molar-refractivity contribution >= 4 is 5.97 Å². The Bertz CT molecular complexity index is 338. The maximum absolute atomic E-state index is 10.4. The van der Waals surface area contributed by atoms with Gasteiger partial charge in [-0.3, -0.25) is 4.79 Å². The molecule has 4 heteroatoms. The first-order valence-electron chi connectivity index (χ1n) is 4.78. The van der Waals surface area contributed by atoms with Crippen molar-refractivity contribution in [2.24, 2.45) is 5.73 Å². The van der Waals surface area contributed by atoms with Crippen LogP contribution >= 0.6 is 0 Å². The SMILES string of the molecule is Cc1ccccc1OCCC(N)C(=O)O. The second kappa shape index (κ2) is 5.36. The minimum atomic E-state index is -0.997. The average molecular weight is 209 g/mol. The van der Waals surface area contributed by atoms with Crippen LogP contribution in [0.15, 0.2) is 24.3 Å². The van der Waals surface area contributed by atoms with Gasteiger partial charge in [0.1, 0.15) is 11.8 Å². The van der Waals surface area contributed by atoms with Crippen LogP contribution in [0.1, 0.15) is 12.0 Å². The molecule has 1 unspecified atom stereocenters. The summed E-state index contributed by atoms with van der Waals surface area (Å²) in [4.78, 5) is 10.4. The fraction of sp³-hybridized carbons (Fsp3) is 0.364. The highest BCUT2D eigenvalue weighted by molar-refractivity contribution is 5.72. The molecule has 0 aliphatic heterocycles. The van der Waals surface area contributed by atoms with Gasteiger partial charge < -0.3 is 15.6 Å². The van der Waals surface area contributed by atoms with Crippen molar-refractivity contribution in [3.8, 4) is 5.75 Å². The van der Waals surface area contributed by atoms with Gasteiger partial charge in [-0.15, -0.1) is 0 Å². The lowest BCUT2D eigenvalue weighted by atomic mass is 10.2. The molecule has 1 atom stereocenters. The number of para-hydroxylation sites is 1. The fourth-order valence-electron chi connectivity index (χ4n) is 1.14. The van der Waals surface area contributed by atoms with Crippen LogP contribution in [-0.2, 0) is 4.79 Å². The molecule has 0 fully saturated rings. The lowest BCUT2D eigenvalue weighted by Gasteiger charge is -2.10. The zero-order valence-electron chi connectivity index (χ0n) is 8.64. The van der Waals surface area contributed by atoms with E-state index in [1.165, 1.54) is 0 Å². The van der Waals surface area contributed by atoms with Crippen molar-refractivity contribution in [1.82, 2.24) is 0 Å². The topological polar surface area (TPSA) is 72.5 Å². The highest BCUT2D eigenvalue weighted by atomic mass is 16.5. The van der Waals surface area contributed by atoms with Crippen LogP contribution in [0.2, 0.25) is 0 Å². The molecular weight excluding hydrogens is 194 g/mol. The van der Waals surface area contributed by atoms with Crippen molar-refractivity contribution in [2.75, 3.05) is 6.61 Å². The molecule has 0 aliphatic rings. The van der Waals surface area contributed by atoms with Crippen LogP contribution in [0, 0.1) is 6.92 Å². The van der Waals surface area contributed by atoms with Crippen molar-refractivity contribution in [2.45, 2.75) is 19.4 Å². The second-order valence-electron chi connectivity index (χ2n) is 3.35. The van der Waals surface area contributed by atoms with E-state index in [1.54, 1.807) is 0 Å². The monoisotopic (exact) mass is 209 g/mol. The summed E-state index contributed by atoms with van der Waals surface area (Å²) in [6.07, 6.45) is 0.309. The zero-order chi connectivity index (χ0) is 11.3. The fourth-order valence-corrected chi connectivity index (χ4v) is 1.14. The van der Waals surface area contributed by atoms with E-state index in [0.717, 1.165) is 11.3 Å². The van der Waals surface area contributed by atoms with Gasteiger partial charge in [0.2, 0.25) is 0 Å². The van der Waals surface area contributed by atoms with Gasteiger partial charge in [0.15, 0.2) is 0 Å². The highest BCUT2D eigenvalue weighted by Gasteiger charge is 2.10. The predicted molar refractivity (Wildman–Crippen MR) is 56.9 cm³/mol. The number of carboxylic acids is 1. The summed E-state index contributed by atoms with van der Waals surface area (Å²) in [5.41, 5.74) is 6.37. The lowest BCUT2D eigenvalue weighted by Crippen LogP contribution is -2.31. The zero-order valence-corrected chi connectivity index (χ0v) is 8.64. The number of carboxylic acid groups (broad SMARTS) is 1. The van der Waals surface area contributed by atoms with Crippen LogP contribution in [0.25, 0.3) is 0 Å². The molecule has 0 radical (unpaired) electrons. The smallest absolute Gasteiger partial charge is 0.320 e. The number of hydrogen-bond acceptors (Lipinski definition) is 3. The van der Waals surface area contributed by atoms with Crippen LogP contribution in [-0.4, -0.2) is 23.7 Å². The molecule has 0 aromatic heterocycles. The molecule has 1 aromatic rings. The van der Waals surface area contributed by atoms with Crippen molar-refractivity contribution in [3.63, 3.8) is 0 Å². The molecule has 0 saturated carbocycles. The molecule has 0 saturated heterocycles. The predicted octanol–water partition coefficient (Wildman–Crippen LogP) is 1.18. The molecule has 0 amide bonds. The van der Waals surface area contributed by atoms with E-state index >= 15 is 0 Å². The number of rotatable bonds is 5. The first kappa shape index (κ1) is 11.5. The molecule has 4 nitrogen and oxygen atoms in total. The Morgan fingerprint density at radius 1 is 1.53 bits per heavy atom. The van der Waals surface area contributed by atoms with Crippen molar-refractivity contribution in [3.05, 3.63) is 29.8 Å². The summed E-state index contributed by atoms with van der Waals surface area (Å²) in [5, 5.41) is 8.55. The minimum absolute atomic E-state index is 0.309. The Labute approximate surface area is 88.7 Å². The maximum Gasteiger partial charge on any atom is 0.320 e. The summed E-state index contributed by atoms with van der Waals surface area (Å²) >= 11 is 0. The Kier molecular flexibility index (Phi) is 4.12. The van der Waals surface area contributed by atoms with Gasteiger partial charge >= 0.3 is 5.97 Å². The standard InChI is InChI=1S/C11H15NO3/c1-8-4-2-3-5-10(8)15-7-6-9(12)11(13)14/h2-5,9H,6-7,12H2,1H3,(H,13,14). The summed E-state index contributed by atoms with van der Waals surface area (Å²) < 4.78 is 5.41. The molecule has 3 N–H and O–H groups in total. The second-order valence-corrected chi connectivity index (χ2v) is 3.35. The highest BCUT2D eigenvalue weighted by Crippen LogP contribution is 2.16. The molecular formula is C11H15NO3. The van der Waals surface area contributed by atoms with E-state index in [1.807, 2.05) is 31.2 Å². The van der Waals surface area contributed by atoms with Crippen LogP contribution in [0.3, 0.4) is 0 Å². The molecule has 1 aromatic carbocycles. The number of aryl methyl sites for hydroxylation is 1. The molecule has 1 rings (SSSR count). The van der Waals surface area contributed by atoms with E-state index in [0.29, 0.717) is 13.0 Å². The first-order valence-corrected chi connectivity index (χ1v) is 4.78. The lowest BCUT2D eigenvalue weighted by molar-refractivity contribution is -0.138. The molecule has 15 heavy (non-hydrogen) atoms.